The van der Waals surface area contributed by atoms with Crippen molar-refractivity contribution >= 4 is 23.4 Å². The quantitative estimate of drug-likeness (QED) is 0.481. The van der Waals surface area contributed by atoms with Crippen LogP contribution in [0.4, 0.5) is 4.39 Å². The molecule has 0 fully saturated rings. The molecule has 4 rings (SSSR count). The van der Waals surface area contributed by atoms with Gasteiger partial charge in [-0.05, 0) is 40.8 Å². The lowest BCUT2D eigenvalue weighted by Gasteiger charge is -2.02. The molecule has 0 amide bonds. The molecule has 0 atom stereocenters. The predicted molar refractivity (Wildman–Crippen MR) is 93.4 cm³/mol. The molecule has 0 spiro atoms. The van der Waals surface area contributed by atoms with E-state index >= 15 is 0 Å². The highest BCUT2D eigenvalue weighted by Crippen LogP contribution is 2.27. The molecular weight excluding hydrogens is 379 g/mol. The summed E-state index contributed by atoms with van der Waals surface area (Å²) in [6, 6.07) is 13.2. The Labute approximate surface area is 156 Å². The number of halogens is 2. The number of aromatic nitrogens is 6. The van der Waals surface area contributed by atoms with Gasteiger partial charge in [-0.2, -0.15) is 9.67 Å². The molecule has 0 aliphatic heterocycles. The Hall–Kier alpha value is -2.78. The summed E-state index contributed by atoms with van der Waals surface area (Å²) in [6.45, 7) is 0. The van der Waals surface area contributed by atoms with Gasteiger partial charge in [0.25, 0.3) is 5.89 Å². The summed E-state index contributed by atoms with van der Waals surface area (Å²) in [4.78, 5) is 4.34. The number of rotatable bonds is 5. The van der Waals surface area contributed by atoms with Crippen LogP contribution in [0.25, 0.3) is 17.1 Å². The lowest BCUT2D eigenvalue weighted by atomic mass is 10.2. The van der Waals surface area contributed by atoms with Crippen LogP contribution in [0.5, 0.6) is 0 Å². The van der Waals surface area contributed by atoms with Crippen molar-refractivity contribution in [3.63, 3.8) is 0 Å². The topological polar surface area (TPSA) is 82.5 Å². The Morgan fingerprint density at radius 1 is 1.15 bits per heavy atom. The highest BCUT2D eigenvalue weighted by atomic mass is 35.5. The van der Waals surface area contributed by atoms with Crippen molar-refractivity contribution < 1.29 is 8.91 Å². The van der Waals surface area contributed by atoms with Crippen LogP contribution < -0.4 is 0 Å². The van der Waals surface area contributed by atoms with E-state index < -0.39 is 0 Å². The smallest absolute Gasteiger partial charge is 0.259 e. The van der Waals surface area contributed by atoms with Gasteiger partial charge in [-0.1, -0.05) is 46.7 Å². The summed E-state index contributed by atoms with van der Waals surface area (Å²) in [6.07, 6.45) is 0. The monoisotopic (exact) mass is 388 g/mol. The zero-order valence-electron chi connectivity index (χ0n) is 13.1. The van der Waals surface area contributed by atoms with Crippen molar-refractivity contribution in [2.75, 3.05) is 0 Å². The van der Waals surface area contributed by atoms with E-state index in [9.17, 15) is 4.39 Å². The van der Waals surface area contributed by atoms with Gasteiger partial charge in [-0.3, -0.25) is 0 Å². The van der Waals surface area contributed by atoms with Crippen LogP contribution >= 0.6 is 23.4 Å². The fourth-order valence-electron chi connectivity index (χ4n) is 2.22. The molecule has 0 unspecified atom stereocenters. The molecule has 0 bridgehead atoms. The lowest BCUT2D eigenvalue weighted by molar-refractivity contribution is 0.425. The summed E-state index contributed by atoms with van der Waals surface area (Å²) in [7, 11) is 0. The summed E-state index contributed by atoms with van der Waals surface area (Å²) in [5.74, 6) is 0.829. The van der Waals surface area contributed by atoms with E-state index in [1.54, 1.807) is 24.3 Å². The zero-order valence-corrected chi connectivity index (χ0v) is 14.7. The molecule has 2 aromatic carbocycles. The van der Waals surface area contributed by atoms with Gasteiger partial charge in [0.05, 0.1) is 22.0 Å². The highest BCUT2D eigenvalue weighted by molar-refractivity contribution is 7.98. The average molecular weight is 389 g/mol. The third-order valence-electron chi connectivity index (χ3n) is 3.40. The van der Waals surface area contributed by atoms with Crippen LogP contribution in [0.15, 0.2) is 58.2 Å². The molecule has 0 N–H and O–H groups in total. The SMILES string of the molecule is Fc1cccc(-n2nnnc2SCc2noc(-c3ccccc3Cl)n2)c1. The first-order valence-corrected chi connectivity index (χ1v) is 8.81. The normalized spacial score (nSPS) is 11.0. The first-order valence-electron chi connectivity index (χ1n) is 7.45. The van der Waals surface area contributed by atoms with E-state index in [0.29, 0.717) is 38.9 Å². The van der Waals surface area contributed by atoms with Crippen molar-refractivity contribution in [2.24, 2.45) is 0 Å². The molecule has 0 saturated carbocycles. The van der Waals surface area contributed by atoms with Gasteiger partial charge < -0.3 is 4.52 Å². The largest absolute Gasteiger partial charge is 0.334 e. The molecule has 2 aromatic heterocycles. The molecule has 0 radical (unpaired) electrons. The molecule has 10 heteroatoms. The summed E-state index contributed by atoms with van der Waals surface area (Å²) < 4.78 is 20.1. The Morgan fingerprint density at radius 2 is 2.04 bits per heavy atom. The van der Waals surface area contributed by atoms with Crippen molar-refractivity contribution in [3.8, 4) is 17.1 Å². The van der Waals surface area contributed by atoms with Crippen LogP contribution in [0, 0.1) is 5.82 Å². The maximum atomic E-state index is 13.4. The minimum absolute atomic E-state index is 0.343. The van der Waals surface area contributed by atoms with Gasteiger partial charge >= 0.3 is 0 Å². The summed E-state index contributed by atoms with van der Waals surface area (Å²) >= 11 is 7.44. The maximum absolute atomic E-state index is 13.4. The van der Waals surface area contributed by atoms with Crippen LogP contribution in [0.3, 0.4) is 0 Å². The third-order valence-corrected chi connectivity index (χ3v) is 4.64. The first kappa shape index (κ1) is 16.7. The number of thioether (sulfide) groups is 1. The Balaban J connectivity index is 1.51. The van der Waals surface area contributed by atoms with E-state index in [0.717, 1.165) is 0 Å². The standard InChI is InChI=1S/C16H10ClFN6OS/c17-13-7-2-1-6-12(13)15-19-14(21-25-15)9-26-16-20-22-23-24(16)11-5-3-4-10(18)8-11/h1-8H,9H2. The van der Waals surface area contributed by atoms with Crippen LogP contribution in [0.2, 0.25) is 5.02 Å². The number of hydrogen-bond acceptors (Lipinski definition) is 7. The van der Waals surface area contributed by atoms with E-state index in [4.69, 9.17) is 16.1 Å². The third kappa shape index (κ3) is 3.44. The molecule has 0 aliphatic carbocycles. The van der Waals surface area contributed by atoms with Gasteiger partial charge in [0, 0.05) is 0 Å². The predicted octanol–water partition coefficient (Wildman–Crippen LogP) is 3.80. The number of tetrazole rings is 1. The van der Waals surface area contributed by atoms with E-state index in [-0.39, 0.29) is 5.82 Å². The van der Waals surface area contributed by atoms with Crippen LogP contribution in [-0.4, -0.2) is 30.3 Å². The van der Waals surface area contributed by atoms with Gasteiger partial charge in [-0.15, -0.1) is 5.10 Å². The van der Waals surface area contributed by atoms with Gasteiger partial charge in [0.1, 0.15) is 5.82 Å². The Morgan fingerprint density at radius 3 is 2.88 bits per heavy atom. The molecule has 130 valence electrons. The van der Waals surface area contributed by atoms with Crippen molar-refractivity contribution in [2.45, 2.75) is 10.9 Å². The number of nitrogens with zero attached hydrogens (tertiary/aromatic N) is 6. The lowest BCUT2D eigenvalue weighted by Crippen LogP contribution is -1.99. The van der Waals surface area contributed by atoms with Gasteiger partial charge in [0.2, 0.25) is 5.16 Å². The Kier molecular flexibility index (Phi) is 4.63. The molecule has 7 nitrogen and oxygen atoms in total. The van der Waals surface area contributed by atoms with Crippen molar-refractivity contribution in [3.05, 3.63) is 65.2 Å². The molecular formula is C16H10ClFN6OS. The maximum Gasteiger partial charge on any atom is 0.259 e. The second kappa shape index (κ2) is 7.22. The summed E-state index contributed by atoms with van der Waals surface area (Å²) in [5, 5.41) is 16.4. The van der Waals surface area contributed by atoms with Gasteiger partial charge in [-0.25, -0.2) is 4.39 Å². The fraction of sp³-hybridized carbons (Fsp3) is 0.0625. The molecule has 0 saturated heterocycles. The first-order chi connectivity index (χ1) is 12.7. The molecule has 2 heterocycles. The van der Waals surface area contributed by atoms with Gasteiger partial charge in [0.15, 0.2) is 5.82 Å². The molecule has 0 aliphatic rings. The minimum atomic E-state index is -0.364. The Bertz CT molecular complexity index is 1050. The second-order valence-electron chi connectivity index (χ2n) is 5.14. The second-order valence-corrected chi connectivity index (χ2v) is 6.49. The molecule has 26 heavy (non-hydrogen) atoms. The van der Waals surface area contributed by atoms with Crippen LogP contribution in [0.1, 0.15) is 5.82 Å². The zero-order chi connectivity index (χ0) is 17.9. The number of hydrogen-bond donors (Lipinski definition) is 0. The van der Waals surface area contributed by atoms with E-state index in [1.807, 2.05) is 12.1 Å². The minimum Gasteiger partial charge on any atom is -0.334 e. The average Bonchev–Trinajstić information content (AvgIpc) is 3.30. The van der Waals surface area contributed by atoms with E-state index in [1.165, 1.54) is 28.6 Å². The fourth-order valence-corrected chi connectivity index (χ4v) is 3.18. The van der Waals surface area contributed by atoms with Crippen LogP contribution in [-0.2, 0) is 5.75 Å². The highest BCUT2D eigenvalue weighted by Gasteiger charge is 2.14. The number of benzene rings is 2. The summed E-state index contributed by atoms with van der Waals surface area (Å²) in [5.41, 5.74) is 1.20. The van der Waals surface area contributed by atoms with Crippen molar-refractivity contribution in [1.29, 1.82) is 0 Å². The van der Waals surface area contributed by atoms with Crippen molar-refractivity contribution in [1.82, 2.24) is 30.3 Å². The van der Waals surface area contributed by atoms with E-state index in [2.05, 4.69) is 25.7 Å². The molecule has 4 aromatic rings.